The fourth-order valence-corrected chi connectivity index (χ4v) is 2.59. The van der Waals surface area contributed by atoms with Crippen molar-refractivity contribution in [2.24, 2.45) is 0 Å². The summed E-state index contributed by atoms with van der Waals surface area (Å²) < 4.78 is 5.14. The maximum Gasteiger partial charge on any atom is 0.332 e. The molecule has 1 saturated heterocycles. The van der Waals surface area contributed by atoms with E-state index in [2.05, 4.69) is 5.32 Å². The van der Waals surface area contributed by atoms with E-state index in [0.717, 1.165) is 12.8 Å². The standard InChI is InChI=1S/C12H19NO5/c14-10(8-3-4-9(18-8)11(15)16)13-7-12(17)5-1-2-6-12/h8-9,17H,1-7H2,(H,13,14)(H,15,16). The van der Waals surface area contributed by atoms with Crippen molar-refractivity contribution in [3.8, 4) is 0 Å². The Morgan fingerprint density at radius 3 is 2.39 bits per heavy atom. The summed E-state index contributed by atoms with van der Waals surface area (Å²) in [5.74, 6) is -1.35. The number of hydrogen-bond acceptors (Lipinski definition) is 4. The van der Waals surface area contributed by atoms with Crippen molar-refractivity contribution in [2.45, 2.75) is 56.3 Å². The van der Waals surface area contributed by atoms with Crippen LogP contribution in [0.15, 0.2) is 0 Å². The summed E-state index contributed by atoms with van der Waals surface area (Å²) in [6, 6.07) is 0. The molecule has 1 heterocycles. The van der Waals surface area contributed by atoms with Gasteiger partial charge in [0.15, 0.2) is 6.10 Å². The molecule has 3 N–H and O–H groups in total. The molecular formula is C12H19NO5. The molecule has 2 unspecified atom stereocenters. The third-order valence-corrected chi connectivity index (χ3v) is 3.71. The zero-order chi connectivity index (χ0) is 13.2. The molecule has 1 aliphatic heterocycles. The number of hydrogen-bond donors (Lipinski definition) is 3. The van der Waals surface area contributed by atoms with E-state index in [1.54, 1.807) is 0 Å². The van der Waals surface area contributed by atoms with Crippen LogP contribution in [0.1, 0.15) is 38.5 Å². The summed E-state index contributed by atoms with van der Waals surface area (Å²) in [4.78, 5) is 22.5. The van der Waals surface area contributed by atoms with E-state index in [1.807, 2.05) is 0 Å². The summed E-state index contributed by atoms with van der Waals surface area (Å²) in [6.07, 6.45) is 2.57. The first-order chi connectivity index (χ1) is 8.50. The number of aliphatic hydroxyl groups is 1. The minimum Gasteiger partial charge on any atom is -0.479 e. The minimum absolute atomic E-state index is 0.226. The van der Waals surface area contributed by atoms with Crippen molar-refractivity contribution in [3.05, 3.63) is 0 Å². The summed E-state index contributed by atoms with van der Waals surface area (Å²) >= 11 is 0. The third kappa shape index (κ3) is 3.00. The highest BCUT2D eigenvalue weighted by molar-refractivity contribution is 5.82. The SMILES string of the molecule is O=C(O)C1CCC(C(=O)NCC2(O)CCCC2)O1. The second kappa shape index (κ2) is 5.24. The number of aliphatic carboxylic acids is 1. The lowest BCUT2D eigenvalue weighted by molar-refractivity contribution is -0.152. The number of carbonyl (C=O) groups excluding carboxylic acids is 1. The lowest BCUT2D eigenvalue weighted by Gasteiger charge is -2.23. The average molecular weight is 257 g/mol. The highest BCUT2D eigenvalue weighted by atomic mass is 16.5. The van der Waals surface area contributed by atoms with E-state index in [9.17, 15) is 14.7 Å². The van der Waals surface area contributed by atoms with Gasteiger partial charge < -0.3 is 20.3 Å². The maximum absolute atomic E-state index is 11.8. The fourth-order valence-electron chi connectivity index (χ4n) is 2.59. The molecule has 18 heavy (non-hydrogen) atoms. The molecule has 0 radical (unpaired) electrons. The van der Waals surface area contributed by atoms with Crippen molar-refractivity contribution in [2.75, 3.05) is 6.54 Å². The predicted molar refractivity (Wildman–Crippen MR) is 62.0 cm³/mol. The first-order valence-corrected chi connectivity index (χ1v) is 6.38. The molecule has 0 aromatic carbocycles. The van der Waals surface area contributed by atoms with Gasteiger partial charge in [-0.3, -0.25) is 4.79 Å². The summed E-state index contributed by atoms with van der Waals surface area (Å²) in [5.41, 5.74) is -0.791. The Balaban J connectivity index is 1.77. The second-order valence-corrected chi connectivity index (χ2v) is 5.18. The van der Waals surface area contributed by atoms with E-state index in [0.29, 0.717) is 25.7 Å². The topological polar surface area (TPSA) is 95.9 Å². The van der Waals surface area contributed by atoms with Gasteiger partial charge in [-0.2, -0.15) is 0 Å². The Hall–Kier alpha value is -1.14. The van der Waals surface area contributed by atoms with Gasteiger partial charge in [-0.1, -0.05) is 12.8 Å². The zero-order valence-electron chi connectivity index (χ0n) is 10.2. The highest BCUT2D eigenvalue weighted by Crippen LogP contribution is 2.28. The monoisotopic (exact) mass is 257 g/mol. The Morgan fingerprint density at radius 1 is 1.22 bits per heavy atom. The summed E-state index contributed by atoms with van der Waals surface area (Å²) in [6.45, 7) is 0.226. The van der Waals surface area contributed by atoms with Gasteiger partial charge in [0.05, 0.1) is 5.60 Å². The van der Waals surface area contributed by atoms with Gasteiger partial charge in [-0.15, -0.1) is 0 Å². The molecule has 102 valence electrons. The molecule has 6 nitrogen and oxygen atoms in total. The Bertz CT molecular complexity index is 337. The van der Waals surface area contributed by atoms with Crippen LogP contribution < -0.4 is 5.32 Å². The van der Waals surface area contributed by atoms with Crippen LogP contribution in [-0.2, 0) is 14.3 Å². The van der Waals surface area contributed by atoms with Gasteiger partial charge in [0, 0.05) is 6.54 Å². The second-order valence-electron chi connectivity index (χ2n) is 5.18. The molecule has 0 spiro atoms. The number of carboxylic acid groups (broad SMARTS) is 1. The lowest BCUT2D eigenvalue weighted by atomic mass is 10.0. The number of ether oxygens (including phenoxy) is 1. The zero-order valence-corrected chi connectivity index (χ0v) is 10.2. The normalized spacial score (nSPS) is 30.3. The van der Waals surface area contributed by atoms with Gasteiger partial charge in [0.1, 0.15) is 6.10 Å². The molecule has 0 aromatic heterocycles. The first kappa shape index (κ1) is 13.3. The van der Waals surface area contributed by atoms with Crippen LogP contribution in [0.5, 0.6) is 0 Å². The van der Waals surface area contributed by atoms with E-state index in [4.69, 9.17) is 9.84 Å². The minimum atomic E-state index is -1.03. The molecule has 2 fully saturated rings. The fraction of sp³-hybridized carbons (Fsp3) is 0.833. The number of rotatable bonds is 4. The molecule has 1 amide bonds. The Labute approximate surface area is 105 Å². The molecule has 6 heteroatoms. The quantitative estimate of drug-likeness (QED) is 0.661. The van der Waals surface area contributed by atoms with Gasteiger partial charge in [-0.25, -0.2) is 4.79 Å². The molecule has 2 rings (SSSR count). The van der Waals surface area contributed by atoms with Gasteiger partial charge >= 0.3 is 5.97 Å². The highest BCUT2D eigenvalue weighted by Gasteiger charge is 2.36. The van der Waals surface area contributed by atoms with E-state index < -0.39 is 23.8 Å². The average Bonchev–Trinajstić information content (AvgIpc) is 2.95. The van der Waals surface area contributed by atoms with Crippen molar-refractivity contribution in [1.82, 2.24) is 5.32 Å². The Kier molecular flexibility index (Phi) is 3.87. The summed E-state index contributed by atoms with van der Waals surface area (Å²) in [5, 5.41) is 21.5. The molecule has 2 atom stereocenters. The summed E-state index contributed by atoms with van der Waals surface area (Å²) in [7, 11) is 0. The smallest absolute Gasteiger partial charge is 0.332 e. The van der Waals surface area contributed by atoms with Crippen LogP contribution in [0.3, 0.4) is 0 Å². The van der Waals surface area contributed by atoms with Crippen molar-refractivity contribution < 1.29 is 24.5 Å². The van der Waals surface area contributed by atoms with Crippen LogP contribution in [-0.4, -0.2) is 46.4 Å². The van der Waals surface area contributed by atoms with E-state index in [1.165, 1.54) is 0 Å². The number of carboxylic acids is 1. The van der Waals surface area contributed by atoms with Crippen LogP contribution >= 0.6 is 0 Å². The molecule has 1 aliphatic carbocycles. The van der Waals surface area contributed by atoms with E-state index in [-0.39, 0.29) is 12.5 Å². The third-order valence-electron chi connectivity index (χ3n) is 3.71. The van der Waals surface area contributed by atoms with Crippen molar-refractivity contribution >= 4 is 11.9 Å². The molecule has 1 saturated carbocycles. The van der Waals surface area contributed by atoms with Crippen molar-refractivity contribution in [1.29, 1.82) is 0 Å². The first-order valence-electron chi connectivity index (χ1n) is 6.38. The van der Waals surface area contributed by atoms with Crippen molar-refractivity contribution in [3.63, 3.8) is 0 Å². The van der Waals surface area contributed by atoms with Crippen LogP contribution in [0.4, 0.5) is 0 Å². The molecular weight excluding hydrogens is 238 g/mol. The van der Waals surface area contributed by atoms with Crippen LogP contribution in [0.25, 0.3) is 0 Å². The van der Waals surface area contributed by atoms with Gasteiger partial charge in [-0.05, 0) is 25.7 Å². The number of nitrogens with one attached hydrogen (secondary N) is 1. The number of amides is 1. The molecule has 0 bridgehead atoms. The lowest BCUT2D eigenvalue weighted by Crippen LogP contribution is -2.44. The molecule has 0 aromatic rings. The van der Waals surface area contributed by atoms with Gasteiger partial charge in [0.2, 0.25) is 5.91 Å². The predicted octanol–water partition coefficient (Wildman–Crippen LogP) is 0.0399. The van der Waals surface area contributed by atoms with Crippen LogP contribution in [0.2, 0.25) is 0 Å². The van der Waals surface area contributed by atoms with E-state index >= 15 is 0 Å². The number of carbonyl (C=O) groups is 2. The van der Waals surface area contributed by atoms with Crippen LogP contribution in [0, 0.1) is 0 Å². The Morgan fingerprint density at radius 2 is 1.83 bits per heavy atom. The largest absolute Gasteiger partial charge is 0.479 e. The molecule has 2 aliphatic rings. The maximum atomic E-state index is 11.8. The van der Waals surface area contributed by atoms with Gasteiger partial charge in [0.25, 0.3) is 0 Å².